The first-order valence-electron chi connectivity index (χ1n) is 6.88. The Bertz CT molecular complexity index is 330. The molecule has 1 N–H and O–H groups in total. The molecule has 4 heteroatoms. The van der Waals surface area contributed by atoms with Crippen molar-refractivity contribution in [3.05, 3.63) is 35.9 Å². The maximum Gasteiger partial charge on any atom is 0.251 e. The van der Waals surface area contributed by atoms with Crippen molar-refractivity contribution in [1.29, 1.82) is 0 Å². The summed E-state index contributed by atoms with van der Waals surface area (Å²) in [5.41, 5.74) is 1.22. The first kappa shape index (κ1) is 16.1. The largest absolute Gasteiger partial charge is 0.310 e. The van der Waals surface area contributed by atoms with Crippen molar-refractivity contribution in [1.82, 2.24) is 10.2 Å². The zero-order valence-electron chi connectivity index (χ0n) is 11.8. The van der Waals surface area contributed by atoms with Crippen LogP contribution in [0.2, 0.25) is 0 Å². The van der Waals surface area contributed by atoms with Gasteiger partial charge in [0.1, 0.15) is 0 Å². The third-order valence-corrected chi connectivity index (χ3v) is 3.09. The van der Waals surface area contributed by atoms with Crippen molar-refractivity contribution in [3.63, 3.8) is 0 Å². The quantitative estimate of drug-likeness (QED) is 0.740. The molecule has 0 heterocycles. The molecular weight excluding hydrogens is 246 g/mol. The van der Waals surface area contributed by atoms with Crippen LogP contribution in [-0.4, -0.2) is 38.0 Å². The number of nitrogens with one attached hydrogen (secondary N) is 1. The highest BCUT2D eigenvalue weighted by atomic mass is 19.3. The molecule has 0 saturated carbocycles. The van der Waals surface area contributed by atoms with E-state index in [1.807, 2.05) is 18.2 Å². The molecule has 0 amide bonds. The van der Waals surface area contributed by atoms with Crippen LogP contribution in [0.1, 0.15) is 31.4 Å². The number of benzene rings is 1. The molecule has 19 heavy (non-hydrogen) atoms. The highest BCUT2D eigenvalue weighted by Crippen LogP contribution is 2.17. The Balaban J connectivity index is 2.50. The highest BCUT2D eigenvalue weighted by molar-refractivity contribution is 5.18. The van der Waals surface area contributed by atoms with Crippen LogP contribution in [0.4, 0.5) is 8.78 Å². The van der Waals surface area contributed by atoms with Gasteiger partial charge in [0, 0.05) is 6.04 Å². The molecule has 0 spiro atoms. The predicted octanol–water partition coefficient (Wildman–Crippen LogP) is 3.31. The van der Waals surface area contributed by atoms with Crippen molar-refractivity contribution in [2.75, 3.05) is 26.7 Å². The van der Waals surface area contributed by atoms with Crippen LogP contribution in [0.25, 0.3) is 0 Å². The minimum atomic E-state index is -2.26. The topological polar surface area (TPSA) is 15.3 Å². The van der Waals surface area contributed by atoms with Crippen molar-refractivity contribution < 1.29 is 8.78 Å². The second kappa shape index (κ2) is 8.99. The zero-order chi connectivity index (χ0) is 14.1. The van der Waals surface area contributed by atoms with E-state index in [9.17, 15) is 8.78 Å². The molecule has 0 bridgehead atoms. The van der Waals surface area contributed by atoms with Gasteiger partial charge in [0.15, 0.2) is 0 Å². The molecule has 0 aliphatic heterocycles. The third-order valence-electron chi connectivity index (χ3n) is 3.09. The number of alkyl halides is 2. The van der Waals surface area contributed by atoms with Gasteiger partial charge in [-0.3, -0.25) is 0 Å². The predicted molar refractivity (Wildman–Crippen MR) is 75.6 cm³/mol. The lowest BCUT2D eigenvalue weighted by atomic mass is 10.0. The molecule has 1 rings (SSSR count). The SMILES string of the molecule is CCCNC(CCN(C)CC(F)F)c1ccccc1. The normalized spacial score (nSPS) is 13.2. The fourth-order valence-electron chi connectivity index (χ4n) is 2.07. The molecule has 0 aromatic heterocycles. The van der Waals surface area contributed by atoms with Gasteiger partial charge in [-0.05, 0) is 38.5 Å². The molecule has 0 radical (unpaired) electrons. The first-order valence-corrected chi connectivity index (χ1v) is 6.88. The standard InChI is InChI=1S/C15H24F2N2/c1-3-10-18-14(13-7-5-4-6-8-13)9-11-19(2)12-15(16)17/h4-8,14-15,18H,3,9-12H2,1-2H3. The van der Waals surface area contributed by atoms with E-state index in [-0.39, 0.29) is 12.6 Å². The summed E-state index contributed by atoms with van der Waals surface area (Å²) in [4.78, 5) is 1.69. The van der Waals surface area contributed by atoms with Gasteiger partial charge in [0.05, 0.1) is 6.54 Å². The molecule has 0 saturated heterocycles. The molecular formula is C15H24F2N2. The molecule has 1 aromatic carbocycles. The van der Waals surface area contributed by atoms with E-state index in [0.717, 1.165) is 19.4 Å². The summed E-state index contributed by atoms with van der Waals surface area (Å²) in [6.45, 7) is 3.58. The summed E-state index contributed by atoms with van der Waals surface area (Å²) in [7, 11) is 1.74. The van der Waals surface area contributed by atoms with Crippen LogP contribution in [0.3, 0.4) is 0 Å². The lowest BCUT2D eigenvalue weighted by molar-refractivity contribution is 0.0984. The minimum Gasteiger partial charge on any atom is -0.310 e. The van der Waals surface area contributed by atoms with Crippen LogP contribution < -0.4 is 5.32 Å². The molecule has 0 aliphatic carbocycles. The van der Waals surface area contributed by atoms with Gasteiger partial charge in [-0.15, -0.1) is 0 Å². The maximum absolute atomic E-state index is 12.3. The van der Waals surface area contributed by atoms with Crippen molar-refractivity contribution in [3.8, 4) is 0 Å². The lowest BCUT2D eigenvalue weighted by Gasteiger charge is -2.23. The number of hydrogen-bond acceptors (Lipinski definition) is 2. The van der Waals surface area contributed by atoms with Gasteiger partial charge in [-0.2, -0.15) is 0 Å². The number of rotatable bonds is 9. The van der Waals surface area contributed by atoms with Gasteiger partial charge in [-0.25, -0.2) is 8.78 Å². The van der Waals surface area contributed by atoms with Crippen LogP contribution in [0.15, 0.2) is 30.3 Å². The molecule has 108 valence electrons. The summed E-state index contributed by atoms with van der Waals surface area (Å²) >= 11 is 0. The number of nitrogens with zero attached hydrogens (tertiary/aromatic N) is 1. The van der Waals surface area contributed by atoms with E-state index in [4.69, 9.17) is 0 Å². The van der Waals surface area contributed by atoms with Crippen LogP contribution in [0, 0.1) is 0 Å². The van der Waals surface area contributed by atoms with Crippen LogP contribution in [0.5, 0.6) is 0 Å². The van der Waals surface area contributed by atoms with Crippen LogP contribution in [-0.2, 0) is 0 Å². The van der Waals surface area contributed by atoms with E-state index >= 15 is 0 Å². The number of hydrogen-bond donors (Lipinski definition) is 1. The van der Waals surface area contributed by atoms with Crippen molar-refractivity contribution in [2.45, 2.75) is 32.2 Å². The third kappa shape index (κ3) is 6.64. The van der Waals surface area contributed by atoms with Crippen LogP contribution >= 0.6 is 0 Å². The summed E-state index contributed by atoms with van der Waals surface area (Å²) in [5.74, 6) is 0. The van der Waals surface area contributed by atoms with Crippen molar-refractivity contribution >= 4 is 0 Å². The minimum absolute atomic E-state index is 0.157. The van der Waals surface area contributed by atoms with Gasteiger partial charge in [-0.1, -0.05) is 37.3 Å². The van der Waals surface area contributed by atoms with Gasteiger partial charge in [0.2, 0.25) is 0 Å². The Morgan fingerprint density at radius 2 is 1.89 bits per heavy atom. The highest BCUT2D eigenvalue weighted by Gasteiger charge is 2.13. The Kier molecular flexibility index (Phi) is 7.60. The average molecular weight is 270 g/mol. The second-order valence-corrected chi connectivity index (χ2v) is 4.86. The average Bonchev–Trinajstić information content (AvgIpc) is 2.39. The summed E-state index contributed by atoms with van der Waals surface area (Å²) < 4.78 is 24.6. The molecule has 0 aliphatic rings. The Morgan fingerprint density at radius 1 is 1.21 bits per heavy atom. The smallest absolute Gasteiger partial charge is 0.251 e. The van der Waals surface area contributed by atoms with Gasteiger partial charge < -0.3 is 10.2 Å². The Labute approximate surface area is 114 Å². The van der Waals surface area contributed by atoms with Gasteiger partial charge in [0.25, 0.3) is 6.43 Å². The molecule has 1 unspecified atom stereocenters. The zero-order valence-corrected chi connectivity index (χ0v) is 11.8. The fraction of sp³-hybridized carbons (Fsp3) is 0.600. The number of halogens is 2. The lowest BCUT2D eigenvalue weighted by Crippen LogP contribution is -2.30. The van der Waals surface area contributed by atoms with E-state index in [0.29, 0.717) is 6.54 Å². The Morgan fingerprint density at radius 3 is 2.47 bits per heavy atom. The first-order chi connectivity index (χ1) is 9.13. The van der Waals surface area contributed by atoms with E-state index in [1.165, 1.54) is 5.56 Å². The summed E-state index contributed by atoms with van der Waals surface area (Å²) in [6.07, 6.45) is -0.354. The van der Waals surface area contributed by atoms with E-state index in [1.54, 1.807) is 11.9 Å². The Hall–Kier alpha value is -1.00. The second-order valence-electron chi connectivity index (χ2n) is 4.86. The molecule has 1 atom stereocenters. The molecule has 1 aromatic rings. The van der Waals surface area contributed by atoms with E-state index < -0.39 is 6.43 Å². The van der Waals surface area contributed by atoms with E-state index in [2.05, 4.69) is 24.4 Å². The maximum atomic E-state index is 12.3. The molecule has 0 fully saturated rings. The van der Waals surface area contributed by atoms with Crippen molar-refractivity contribution in [2.24, 2.45) is 0 Å². The van der Waals surface area contributed by atoms with Gasteiger partial charge >= 0.3 is 0 Å². The monoisotopic (exact) mass is 270 g/mol. The summed E-state index contributed by atoms with van der Waals surface area (Å²) in [5, 5.41) is 3.48. The fourth-order valence-corrected chi connectivity index (χ4v) is 2.07. The molecule has 2 nitrogen and oxygen atoms in total. The summed E-state index contributed by atoms with van der Waals surface area (Å²) in [6, 6.07) is 10.4.